The highest BCUT2D eigenvalue weighted by Crippen LogP contribution is 2.28. The maximum atomic E-state index is 12.2. The van der Waals surface area contributed by atoms with E-state index in [1.165, 1.54) is 58.3 Å². The molecule has 2 saturated heterocycles. The van der Waals surface area contributed by atoms with Crippen molar-refractivity contribution in [3.8, 4) is 0 Å². The minimum Gasteiger partial charge on any atom is -0.356 e. The Balaban J connectivity index is 1.41. The first-order valence-electron chi connectivity index (χ1n) is 8.52. The van der Waals surface area contributed by atoms with Gasteiger partial charge in [-0.25, -0.2) is 0 Å². The van der Waals surface area contributed by atoms with Crippen LogP contribution in [0.5, 0.6) is 0 Å². The molecule has 2 N–H and O–H groups in total. The maximum absolute atomic E-state index is 12.2. The number of nitrogens with zero attached hydrogens (tertiary/aromatic N) is 1. The molecule has 2 aliphatic heterocycles. The Morgan fingerprint density at radius 2 is 1.90 bits per heavy atom. The smallest absolute Gasteiger partial charge is 0.224 e. The van der Waals surface area contributed by atoms with Gasteiger partial charge in [-0.05, 0) is 70.0 Å². The van der Waals surface area contributed by atoms with Gasteiger partial charge >= 0.3 is 0 Å². The topological polar surface area (TPSA) is 44.4 Å². The van der Waals surface area contributed by atoms with Crippen molar-refractivity contribution in [2.75, 3.05) is 39.3 Å². The lowest BCUT2D eigenvalue weighted by Crippen LogP contribution is -2.45. The second-order valence-corrected chi connectivity index (χ2v) is 6.98. The predicted octanol–water partition coefficient (Wildman–Crippen LogP) is 1.22. The van der Waals surface area contributed by atoms with E-state index in [4.69, 9.17) is 0 Å². The zero-order valence-corrected chi connectivity index (χ0v) is 12.6. The molecule has 3 rings (SSSR count). The molecule has 2 heterocycles. The average Bonchev–Trinajstić information content (AvgIpc) is 3.30. The molecule has 4 nitrogen and oxygen atoms in total. The zero-order valence-electron chi connectivity index (χ0n) is 12.6. The number of likely N-dealkylation sites (tertiary alicyclic amines) is 1. The van der Waals surface area contributed by atoms with E-state index in [2.05, 4.69) is 15.5 Å². The van der Waals surface area contributed by atoms with Crippen LogP contribution in [0.25, 0.3) is 0 Å². The number of amides is 1. The molecule has 1 saturated carbocycles. The van der Waals surface area contributed by atoms with Gasteiger partial charge in [0.2, 0.25) is 5.91 Å². The third-order valence-electron chi connectivity index (χ3n) is 5.11. The van der Waals surface area contributed by atoms with Crippen LogP contribution in [-0.4, -0.2) is 50.1 Å². The van der Waals surface area contributed by atoms with Gasteiger partial charge in [-0.1, -0.05) is 0 Å². The van der Waals surface area contributed by atoms with Crippen molar-refractivity contribution in [1.29, 1.82) is 0 Å². The fourth-order valence-electron chi connectivity index (χ4n) is 3.58. The van der Waals surface area contributed by atoms with Crippen LogP contribution in [0.1, 0.15) is 38.5 Å². The Morgan fingerprint density at radius 1 is 1.10 bits per heavy atom. The van der Waals surface area contributed by atoms with Crippen molar-refractivity contribution in [1.82, 2.24) is 15.5 Å². The van der Waals surface area contributed by atoms with E-state index < -0.39 is 0 Å². The SMILES string of the molecule is O=C(NCC1CC1)C1CCCN(CC2CCNCC2)C1. The molecule has 0 aromatic heterocycles. The lowest BCUT2D eigenvalue weighted by Gasteiger charge is -2.35. The number of carbonyl (C=O) groups excluding carboxylic acids is 1. The summed E-state index contributed by atoms with van der Waals surface area (Å²) in [4.78, 5) is 14.8. The minimum atomic E-state index is 0.240. The fraction of sp³-hybridized carbons (Fsp3) is 0.938. The average molecular weight is 279 g/mol. The van der Waals surface area contributed by atoms with Crippen LogP contribution in [0, 0.1) is 17.8 Å². The first kappa shape index (κ1) is 14.3. The van der Waals surface area contributed by atoms with Crippen molar-refractivity contribution in [3.63, 3.8) is 0 Å². The Hall–Kier alpha value is -0.610. The minimum absolute atomic E-state index is 0.240. The van der Waals surface area contributed by atoms with Crippen molar-refractivity contribution in [2.45, 2.75) is 38.5 Å². The number of nitrogens with one attached hydrogen (secondary N) is 2. The second kappa shape index (κ2) is 6.90. The predicted molar refractivity (Wildman–Crippen MR) is 80.5 cm³/mol. The molecule has 3 aliphatic rings. The van der Waals surface area contributed by atoms with Gasteiger partial charge in [-0.15, -0.1) is 0 Å². The summed E-state index contributed by atoms with van der Waals surface area (Å²) >= 11 is 0. The molecule has 1 unspecified atom stereocenters. The Labute approximate surface area is 122 Å². The highest BCUT2D eigenvalue weighted by molar-refractivity contribution is 5.79. The summed E-state index contributed by atoms with van der Waals surface area (Å²) in [5.74, 6) is 2.18. The number of piperidine rings is 2. The van der Waals surface area contributed by atoms with Gasteiger partial charge in [-0.2, -0.15) is 0 Å². The van der Waals surface area contributed by atoms with Crippen molar-refractivity contribution >= 4 is 5.91 Å². The summed E-state index contributed by atoms with van der Waals surface area (Å²) in [6, 6.07) is 0. The molecule has 20 heavy (non-hydrogen) atoms. The van der Waals surface area contributed by atoms with Crippen LogP contribution in [0.4, 0.5) is 0 Å². The van der Waals surface area contributed by atoms with E-state index in [1.54, 1.807) is 0 Å². The molecule has 0 spiro atoms. The van der Waals surface area contributed by atoms with E-state index in [0.29, 0.717) is 5.91 Å². The van der Waals surface area contributed by atoms with E-state index in [-0.39, 0.29) is 5.92 Å². The van der Waals surface area contributed by atoms with Crippen LogP contribution < -0.4 is 10.6 Å². The molecule has 3 fully saturated rings. The number of hydrogen-bond donors (Lipinski definition) is 2. The molecular formula is C16H29N3O. The maximum Gasteiger partial charge on any atom is 0.224 e. The van der Waals surface area contributed by atoms with Gasteiger partial charge in [0.1, 0.15) is 0 Å². The normalized spacial score (nSPS) is 29.3. The summed E-state index contributed by atoms with van der Waals surface area (Å²) in [7, 11) is 0. The second-order valence-electron chi connectivity index (χ2n) is 6.98. The molecule has 1 atom stereocenters. The molecule has 0 radical (unpaired) electrons. The Kier molecular flexibility index (Phi) is 4.94. The van der Waals surface area contributed by atoms with Crippen LogP contribution in [0.2, 0.25) is 0 Å². The zero-order chi connectivity index (χ0) is 13.8. The quantitative estimate of drug-likeness (QED) is 0.795. The summed E-state index contributed by atoms with van der Waals surface area (Å²) in [6.07, 6.45) is 7.50. The molecule has 114 valence electrons. The number of rotatable bonds is 5. The van der Waals surface area contributed by atoms with E-state index >= 15 is 0 Å². The number of hydrogen-bond acceptors (Lipinski definition) is 3. The standard InChI is InChI=1S/C16H29N3O/c20-16(18-10-13-3-4-13)15-2-1-9-19(12-15)11-14-5-7-17-8-6-14/h13-15,17H,1-12H2,(H,18,20). The van der Waals surface area contributed by atoms with Crippen LogP contribution in [0.3, 0.4) is 0 Å². The van der Waals surface area contributed by atoms with Gasteiger partial charge in [0.15, 0.2) is 0 Å². The van der Waals surface area contributed by atoms with Gasteiger partial charge in [0.25, 0.3) is 0 Å². The summed E-state index contributed by atoms with van der Waals surface area (Å²) in [5.41, 5.74) is 0. The monoisotopic (exact) mass is 279 g/mol. The highest BCUT2D eigenvalue weighted by Gasteiger charge is 2.29. The summed E-state index contributed by atoms with van der Waals surface area (Å²) < 4.78 is 0. The molecule has 0 bridgehead atoms. The molecule has 4 heteroatoms. The van der Waals surface area contributed by atoms with Crippen LogP contribution >= 0.6 is 0 Å². The first-order valence-corrected chi connectivity index (χ1v) is 8.52. The van der Waals surface area contributed by atoms with E-state index in [0.717, 1.165) is 31.3 Å². The lowest BCUT2D eigenvalue weighted by atomic mass is 9.93. The summed E-state index contributed by atoms with van der Waals surface area (Å²) in [5, 5.41) is 6.59. The van der Waals surface area contributed by atoms with E-state index in [9.17, 15) is 4.79 Å². The van der Waals surface area contributed by atoms with Gasteiger partial charge < -0.3 is 15.5 Å². The Morgan fingerprint density at radius 3 is 2.65 bits per heavy atom. The van der Waals surface area contributed by atoms with Crippen LogP contribution in [0.15, 0.2) is 0 Å². The molecule has 0 aromatic rings. The molecule has 0 aromatic carbocycles. The number of carbonyl (C=O) groups is 1. The third kappa shape index (κ3) is 4.19. The Bertz CT molecular complexity index is 324. The van der Waals surface area contributed by atoms with Crippen molar-refractivity contribution < 1.29 is 4.79 Å². The largest absolute Gasteiger partial charge is 0.356 e. The molecule has 1 amide bonds. The van der Waals surface area contributed by atoms with Gasteiger partial charge in [-0.3, -0.25) is 4.79 Å². The lowest BCUT2D eigenvalue weighted by molar-refractivity contribution is -0.126. The molecular weight excluding hydrogens is 250 g/mol. The third-order valence-corrected chi connectivity index (χ3v) is 5.11. The first-order chi connectivity index (χ1) is 9.81. The van der Waals surface area contributed by atoms with E-state index in [1.807, 2.05) is 0 Å². The van der Waals surface area contributed by atoms with Gasteiger partial charge in [0, 0.05) is 19.6 Å². The fourth-order valence-corrected chi connectivity index (χ4v) is 3.58. The van der Waals surface area contributed by atoms with Crippen molar-refractivity contribution in [2.24, 2.45) is 17.8 Å². The highest BCUT2D eigenvalue weighted by atomic mass is 16.1. The van der Waals surface area contributed by atoms with Crippen LogP contribution in [-0.2, 0) is 4.79 Å². The molecule has 1 aliphatic carbocycles. The van der Waals surface area contributed by atoms with Crippen molar-refractivity contribution in [3.05, 3.63) is 0 Å². The van der Waals surface area contributed by atoms with Gasteiger partial charge in [0.05, 0.1) is 5.92 Å². The summed E-state index contributed by atoms with van der Waals surface area (Å²) in [6.45, 7) is 6.64.